The van der Waals surface area contributed by atoms with Crippen LogP contribution in [0.5, 0.6) is 5.75 Å². The predicted octanol–water partition coefficient (Wildman–Crippen LogP) is 5.34. The summed E-state index contributed by atoms with van der Waals surface area (Å²) in [6.45, 7) is 8.52. The van der Waals surface area contributed by atoms with E-state index in [1.54, 1.807) is 12.1 Å². The number of nitrogens with zero attached hydrogens (tertiary/aromatic N) is 2. The van der Waals surface area contributed by atoms with Crippen molar-refractivity contribution in [3.63, 3.8) is 0 Å². The molecule has 1 aliphatic rings. The Kier molecular flexibility index (Phi) is 9.49. The number of benzene rings is 2. The monoisotopic (exact) mass is 468 g/mol. The normalized spacial score (nSPS) is 18.3. The minimum absolute atomic E-state index is 0.0134. The summed E-state index contributed by atoms with van der Waals surface area (Å²) < 4.78 is 19.5. The smallest absolute Gasteiger partial charge is 0.257 e. The second-order valence-corrected chi connectivity index (χ2v) is 9.31. The fourth-order valence-electron chi connectivity index (χ4n) is 4.45. The highest BCUT2D eigenvalue weighted by atomic mass is 19.1. The molecule has 6 heteroatoms. The maximum Gasteiger partial charge on any atom is 0.257 e. The van der Waals surface area contributed by atoms with E-state index < -0.39 is 0 Å². The molecule has 0 radical (unpaired) electrons. The zero-order valence-corrected chi connectivity index (χ0v) is 20.6. The number of amides is 2. The molecule has 1 atom stereocenters. The molecule has 0 unspecified atom stereocenters. The van der Waals surface area contributed by atoms with Crippen LogP contribution in [0.25, 0.3) is 0 Å². The van der Waals surface area contributed by atoms with E-state index in [2.05, 4.69) is 13.8 Å². The molecule has 2 aromatic rings. The molecular formula is C28H37FN2O3. The number of para-hydroxylation sites is 1. The lowest BCUT2D eigenvalue weighted by molar-refractivity contribution is -0.134. The fourth-order valence-corrected chi connectivity index (χ4v) is 4.45. The molecule has 5 nitrogen and oxygen atoms in total. The van der Waals surface area contributed by atoms with Crippen molar-refractivity contribution in [3.8, 4) is 5.75 Å². The number of ether oxygens (including phenoxy) is 1. The van der Waals surface area contributed by atoms with Crippen molar-refractivity contribution >= 4 is 11.8 Å². The van der Waals surface area contributed by atoms with E-state index in [4.69, 9.17) is 4.74 Å². The number of halogens is 1. The van der Waals surface area contributed by atoms with Crippen LogP contribution in [-0.2, 0) is 11.2 Å². The van der Waals surface area contributed by atoms with Crippen LogP contribution in [0.3, 0.4) is 0 Å². The van der Waals surface area contributed by atoms with Gasteiger partial charge in [0.25, 0.3) is 5.91 Å². The molecule has 1 heterocycles. The summed E-state index contributed by atoms with van der Waals surface area (Å²) >= 11 is 0. The van der Waals surface area contributed by atoms with Gasteiger partial charge in [-0.15, -0.1) is 0 Å². The molecule has 0 N–H and O–H groups in total. The van der Waals surface area contributed by atoms with Gasteiger partial charge >= 0.3 is 0 Å². The van der Waals surface area contributed by atoms with Crippen LogP contribution in [0, 0.1) is 11.7 Å². The molecule has 0 spiro atoms. The van der Waals surface area contributed by atoms with Gasteiger partial charge in [0.1, 0.15) is 18.2 Å². The summed E-state index contributed by atoms with van der Waals surface area (Å²) in [5.41, 5.74) is 1.36. The molecule has 0 saturated carbocycles. The first-order valence-corrected chi connectivity index (χ1v) is 12.5. The Morgan fingerprint density at radius 1 is 1.03 bits per heavy atom. The minimum Gasteiger partial charge on any atom is -0.491 e. The lowest BCUT2D eigenvalue weighted by Crippen LogP contribution is -2.48. The number of hydrogen-bond acceptors (Lipinski definition) is 3. The molecule has 0 fully saturated rings. The van der Waals surface area contributed by atoms with E-state index in [0.29, 0.717) is 37.6 Å². The molecule has 2 amide bonds. The number of fused-ring (bicyclic) bond motifs is 1. The standard InChI is InChI=1S/C28H37FN2O3/c1-4-30-17-9-5-6-10-18-31(27(32)19-22-13-15-23(29)16-14-22)25(21(2)3)20-34-26-12-8-7-11-24(26)28(30)33/h7-8,11-16,21,25H,4-6,9-10,17-20H2,1-3H3/t25-/m1/s1. The Balaban J connectivity index is 1.86. The van der Waals surface area contributed by atoms with Crippen molar-refractivity contribution in [2.75, 3.05) is 26.2 Å². The van der Waals surface area contributed by atoms with Crippen molar-refractivity contribution in [1.29, 1.82) is 0 Å². The van der Waals surface area contributed by atoms with E-state index in [1.807, 2.05) is 41.0 Å². The molecule has 3 rings (SSSR count). The van der Waals surface area contributed by atoms with Crippen LogP contribution in [0.4, 0.5) is 4.39 Å². The van der Waals surface area contributed by atoms with Gasteiger partial charge in [0, 0.05) is 19.6 Å². The van der Waals surface area contributed by atoms with E-state index >= 15 is 0 Å². The van der Waals surface area contributed by atoms with Crippen LogP contribution in [0.2, 0.25) is 0 Å². The van der Waals surface area contributed by atoms with Crippen molar-refractivity contribution in [2.24, 2.45) is 5.92 Å². The third-order valence-electron chi connectivity index (χ3n) is 6.53. The molecule has 2 aromatic carbocycles. The molecule has 0 aliphatic carbocycles. The summed E-state index contributed by atoms with van der Waals surface area (Å²) in [5, 5.41) is 0. The van der Waals surface area contributed by atoms with Crippen LogP contribution in [0.1, 0.15) is 62.4 Å². The maximum absolute atomic E-state index is 13.4. The minimum atomic E-state index is -0.308. The van der Waals surface area contributed by atoms with Crippen molar-refractivity contribution in [1.82, 2.24) is 9.80 Å². The summed E-state index contributed by atoms with van der Waals surface area (Å²) in [4.78, 5) is 30.4. The quantitative estimate of drug-likeness (QED) is 0.609. The Morgan fingerprint density at radius 2 is 1.71 bits per heavy atom. The zero-order chi connectivity index (χ0) is 24.5. The average molecular weight is 469 g/mol. The summed E-state index contributed by atoms with van der Waals surface area (Å²) in [6, 6.07) is 13.3. The fraction of sp³-hybridized carbons (Fsp3) is 0.500. The Hall–Kier alpha value is -2.89. The van der Waals surface area contributed by atoms with E-state index in [-0.39, 0.29) is 36.0 Å². The van der Waals surface area contributed by atoms with Crippen LogP contribution in [0.15, 0.2) is 48.5 Å². The third-order valence-corrected chi connectivity index (χ3v) is 6.53. The highest BCUT2D eigenvalue weighted by Crippen LogP contribution is 2.23. The lowest BCUT2D eigenvalue weighted by atomic mass is 10.0. The predicted molar refractivity (Wildman–Crippen MR) is 132 cm³/mol. The zero-order valence-electron chi connectivity index (χ0n) is 20.6. The van der Waals surface area contributed by atoms with Gasteiger partial charge in [-0.1, -0.05) is 51.0 Å². The number of hydrogen-bond donors (Lipinski definition) is 0. The van der Waals surface area contributed by atoms with Gasteiger partial charge in [-0.3, -0.25) is 9.59 Å². The first-order chi connectivity index (χ1) is 16.4. The first-order valence-electron chi connectivity index (χ1n) is 12.5. The summed E-state index contributed by atoms with van der Waals surface area (Å²) in [5.74, 6) is 0.417. The Bertz CT molecular complexity index is 945. The van der Waals surface area contributed by atoms with Gasteiger partial charge in [-0.05, 0) is 55.5 Å². The Morgan fingerprint density at radius 3 is 2.38 bits per heavy atom. The molecule has 184 valence electrons. The van der Waals surface area contributed by atoms with E-state index in [9.17, 15) is 14.0 Å². The second-order valence-electron chi connectivity index (χ2n) is 9.31. The molecule has 1 aliphatic heterocycles. The van der Waals surface area contributed by atoms with Gasteiger partial charge in [0.05, 0.1) is 18.0 Å². The lowest BCUT2D eigenvalue weighted by Gasteiger charge is -2.35. The van der Waals surface area contributed by atoms with Crippen molar-refractivity contribution in [3.05, 3.63) is 65.5 Å². The molecule has 34 heavy (non-hydrogen) atoms. The highest BCUT2D eigenvalue weighted by molar-refractivity contribution is 5.96. The number of rotatable bonds is 4. The summed E-state index contributed by atoms with van der Waals surface area (Å²) in [7, 11) is 0. The van der Waals surface area contributed by atoms with Crippen LogP contribution >= 0.6 is 0 Å². The molecule has 0 bridgehead atoms. The Labute approximate surface area is 202 Å². The average Bonchev–Trinajstić information content (AvgIpc) is 2.83. The molecule has 0 saturated heterocycles. The topological polar surface area (TPSA) is 49.9 Å². The highest BCUT2D eigenvalue weighted by Gasteiger charge is 2.28. The maximum atomic E-state index is 13.4. The SMILES string of the molecule is CCN1CCCCCCN(C(=O)Cc2ccc(F)cc2)[C@@H](C(C)C)COc2ccccc2C1=O. The van der Waals surface area contributed by atoms with Crippen LogP contribution < -0.4 is 4.74 Å². The summed E-state index contributed by atoms with van der Waals surface area (Å²) in [6.07, 6.45) is 4.06. The van der Waals surface area contributed by atoms with Crippen molar-refractivity contribution in [2.45, 2.75) is 58.9 Å². The van der Waals surface area contributed by atoms with Crippen molar-refractivity contribution < 1.29 is 18.7 Å². The number of carbonyl (C=O) groups is 2. The van der Waals surface area contributed by atoms with Gasteiger partial charge in [0.2, 0.25) is 5.91 Å². The van der Waals surface area contributed by atoms with Gasteiger partial charge < -0.3 is 14.5 Å². The number of carbonyl (C=O) groups excluding carboxylic acids is 2. The largest absolute Gasteiger partial charge is 0.491 e. The first kappa shape index (κ1) is 25.7. The van der Waals surface area contributed by atoms with E-state index in [1.165, 1.54) is 12.1 Å². The van der Waals surface area contributed by atoms with Gasteiger partial charge in [-0.2, -0.15) is 0 Å². The van der Waals surface area contributed by atoms with Gasteiger partial charge in [0.15, 0.2) is 0 Å². The molecular weight excluding hydrogens is 431 g/mol. The third kappa shape index (κ3) is 6.81. The van der Waals surface area contributed by atoms with Crippen LogP contribution in [-0.4, -0.2) is 53.9 Å². The van der Waals surface area contributed by atoms with Gasteiger partial charge in [-0.25, -0.2) is 4.39 Å². The van der Waals surface area contributed by atoms with E-state index in [0.717, 1.165) is 31.2 Å². The molecule has 0 aromatic heterocycles. The second kappa shape index (κ2) is 12.5.